The fraction of sp³-hybridized carbons (Fsp3) is 0.257. The van der Waals surface area contributed by atoms with Crippen molar-refractivity contribution in [3.05, 3.63) is 106 Å². The summed E-state index contributed by atoms with van der Waals surface area (Å²) in [5, 5.41) is 9.85. The Hall–Kier alpha value is -3.99. The molecular formula is C35H35N3O4S3. The molecule has 1 amide bonds. The lowest BCUT2D eigenvalue weighted by Gasteiger charge is -2.18. The van der Waals surface area contributed by atoms with Crippen molar-refractivity contribution in [1.82, 2.24) is 0 Å². The number of ether oxygens (including phenoxy) is 1. The molecule has 0 spiro atoms. The Morgan fingerprint density at radius 3 is 2.36 bits per heavy atom. The van der Waals surface area contributed by atoms with Crippen LogP contribution in [0.15, 0.2) is 83.8 Å². The number of nitrogens with one attached hydrogen (secondary N) is 3. The van der Waals surface area contributed by atoms with Crippen LogP contribution < -0.4 is 16.0 Å². The van der Waals surface area contributed by atoms with Crippen LogP contribution in [-0.4, -0.2) is 29.4 Å². The monoisotopic (exact) mass is 657 g/mol. The van der Waals surface area contributed by atoms with Crippen LogP contribution in [0.25, 0.3) is 0 Å². The van der Waals surface area contributed by atoms with Crippen LogP contribution in [0.2, 0.25) is 0 Å². The van der Waals surface area contributed by atoms with E-state index in [4.69, 9.17) is 17.0 Å². The third-order valence-corrected chi connectivity index (χ3v) is 10.0. The maximum absolute atomic E-state index is 14.0. The fourth-order valence-corrected chi connectivity index (χ4v) is 7.79. The first-order valence-electron chi connectivity index (χ1n) is 15.0. The molecule has 1 atom stereocenters. The number of hydrogen-bond donors (Lipinski definition) is 3. The summed E-state index contributed by atoms with van der Waals surface area (Å²) in [5.41, 5.74) is 4.53. The number of fused-ring (bicyclic) bond motifs is 1. The van der Waals surface area contributed by atoms with E-state index in [1.165, 1.54) is 30.0 Å². The van der Waals surface area contributed by atoms with E-state index >= 15 is 0 Å². The number of esters is 1. The molecule has 1 aliphatic carbocycles. The lowest BCUT2D eigenvalue weighted by atomic mass is 10.1. The van der Waals surface area contributed by atoms with Gasteiger partial charge in [-0.1, -0.05) is 42.8 Å². The first-order chi connectivity index (χ1) is 21.8. The maximum Gasteiger partial charge on any atom is 0.341 e. The van der Waals surface area contributed by atoms with E-state index in [9.17, 15) is 14.4 Å². The van der Waals surface area contributed by atoms with Gasteiger partial charge in [0, 0.05) is 26.7 Å². The van der Waals surface area contributed by atoms with Gasteiger partial charge < -0.3 is 20.7 Å². The third kappa shape index (κ3) is 8.39. The number of thiophene rings is 1. The Balaban J connectivity index is 1.35. The average Bonchev–Trinajstić information content (AvgIpc) is 3.20. The number of carbonyl (C=O) groups excluding carboxylic acids is 3. The summed E-state index contributed by atoms with van der Waals surface area (Å²) in [6, 6.07) is 24.4. The van der Waals surface area contributed by atoms with Gasteiger partial charge in [0.2, 0.25) is 5.91 Å². The maximum atomic E-state index is 14.0. The second kappa shape index (κ2) is 15.3. The second-order valence-corrected chi connectivity index (χ2v) is 13.3. The highest BCUT2D eigenvalue weighted by Crippen LogP contribution is 2.41. The average molecular weight is 658 g/mol. The first-order valence-corrected chi connectivity index (χ1v) is 17.1. The van der Waals surface area contributed by atoms with Crippen molar-refractivity contribution in [3.63, 3.8) is 0 Å². The van der Waals surface area contributed by atoms with Crippen molar-refractivity contribution < 1.29 is 19.1 Å². The van der Waals surface area contributed by atoms with Crippen LogP contribution in [0.1, 0.15) is 75.1 Å². The molecule has 1 aliphatic rings. The topological polar surface area (TPSA) is 96.5 Å². The Morgan fingerprint density at radius 2 is 1.62 bits per heavy atom. The van der Waals surface area contributed by atoms with Gasteiger partial charge in [-0.25, -0.2) is 4.79 Å². The summed E-state index contributed by atoms with van der Waals surface area (Å²) in [6.07, 6.45) is 4.93. The van der Waals surface area contributed by atoms with Crippen molar-refractivity contribution in [3.8, 4) is 0 Å². The number of Topliss-reactive ketones (excluding diaryl/α,β-unsaturated/α-hetero) is 1. The van der Waals surface area contributed by atoms with Gasteiger partial charge in [0.25, 0.3) is 0 Å². The summed E-state index contributed by atoms with van der Waals surface area (Å²) < 4.78 is 5.43. The van der Waals surface area contributed by atoms with Crippen LogP contribution in [0, 0.1) is 0 Å². The van der Waals surface area contributed by atoms with E-state index in [-0.39, 0.29) is 24.3 Å². The lowest BCUT2D eigenvalue weighted by molar-refractivity contribution is -0.115. The molecule has 0 saturated carbocycles. The highest BCUT2D eigenvalue weighted by Gasteiger charge is 2.29. The molecule has 3 aromatic carbocycles. The number of thiocarbonyl (C=S) groups is 1. The van der Waals surface area contributed by atoms with Crippen LogP contribution in [0.5, 0.6) is 0 Å². The predicted octanol–water partition coefficient (Wildman–Crippen LogP) is 8.68. The fourth-order valence-electron chi connectivity index (χ4n) is 5.19. The number of amides is 1. The summed E-state index contributed by atoms with van der Waals surface area (Å²) >= 11 is 8.45. The molecule has 1 unspecified atom stereocenters. The molecule has 0 aliphatic heterocycles. The van der Waals surface area contributed by atoms with Gasteiger partial charge in [-0.3, -0.25) is 9.59 Å². The Kier molecular flexibility index (Phi) is 11.0. The van der Waals surface area contributed by atoms with E-state index in [0.717, 1.165) is 64.4 Å². The smallest absolute Gasteiger partial charge is 0.341 e. The normalized spacial score (nSPS) is 13.1. The van der Waals surface area contributed by atoms with E-state index in [2.05, 4.69) is 16.0 Å². The van der Waals surface area contributed by atoms with E-state index in [1.54, 1.807) is 31.2 Å². The molecule has 0 radical (unpaired) electrons. The molecule has 4 aromatic rings. The molecule has 0 fully saturated rings. The van der Waals surface area contributed by atoms with Crippen LogP contribution in [0.3, 0.4) is 0 Å². The Bertz CT molecular complexity index is 1690. The van der Waals surface area contributed by atoms with Crippen LogP contribution in [-0.2, 0) is 22.4 Å². The Morgan fingerprint density at radius 1 is 0.889 bits per heavy atom. The van der Waals surface area contributed by atoms with Gasteiger partial charge in [-0.05, 0) is 105 Å². The number of rotatable bonds is 10. The standard InChI is InChI=1S/C35H35N3O4S3/c1-3-42-34(41)30-28-15-8-5-9-16-29(28)45-33(30)38-32(40)31(24-11-6-4-7-12-24)44-27-14-10-13-26(21-27)37-35(43)36-25-19-17-23(18-20-25)22(2)39/h4,6-7,10-14,17-21,31H,3,5,8-9,15-16H2,1-2H3,(H,38,40)(H2,36,37,43). The summed E-state index contributed by atoms with van der Waals surface area (Å²) in [4.78, 5) is 40.7. The number of ketones is 1. The third-order valence-electron chi connectivity index (χ3n) is 7.37. The van der Waals surface area contributed by atoms with Gasteiger partial charge in [-0.15, -0.1) is 23.1 Å². The van der Waals surface area contributed by atoms with Crippen LogP contribution >= 0.6 is 35.3 Å². The molecule has 3 N–H and O–H groups in total. The molecular weight excluding hydrogens is 623 g/mol. The molecule has 10 heteroatoms. The first kappa shape index (κ1) is 32.4. The lowest BCUT2D eigenvalue weighted by Crippen LogP contribution is -2.20. The number of thioether (sulfide) groups is 1. The molecule has 232 valence electrons. The molecule has 0 saturated heterocycles. The molecule has 45 heavy (non-hydrogen) atoms. The van der Waals surface area contributed by atoms with E-state index in [0.29, 0.717) is 21.2 Å². The predicted molar refractivity (Wildman–Crippen MR) is 188 cm³/mol. The molecule has 0 bridgehead atoms. The zero-order chi connectivity index (χ0) is 31.8. The highest BCUT2D eigenvalue weighted by atomic mass is 32.2. The van der Waals surface area contributed by atoms with Gasteiger partial charge in [0.05, 0.1) is 12.2 Å². The number of carbonyl (C=O) groups is 3. The minimum atomic E-state index is -0.580. The second-order valence-electron chi connectivity index (χ2n) is 10.6. The number of anilines is 3. The zero-order valence-electron chi connectivity index (χ0n) is 25.2. The van der Waals surface area contributed by atoms with Gasteiger partial charge in [0.15, 0.2) is 10.9 Å². The number of benzene rings is 3. The van der Waals surface area contributed by atoms with Crippen molar-refractivity contribution in [2.45, 2.75) is 56.1 Å². The largest absolute Gasteiger partial charge is 0.462 e. The van der Waals surface area contributed by atoms with Gasteiger partial charge in [0.1, 0.15) is 10.3 Å². The Labute approximate surface area is 277 Å². The molecule has 1 heterocycles. The molecule has 1 aromatic heterocycles. The van der Waals surface area contributed by atoms with Crippen molar-refractivity contribution in [2.75, 3.05) is 22.6 Å². The summed E-state index contributed by atoms with van der Waals surface area (Å²) in [7, 11) is 0. The molecule has 7 nitrogen and oxygen atoms in total. The van der Waals surface area contributed by atoms with Gasteiger partial charge >= 0.3 is 5.97 Å². The summed E-state index contributed by atoms with van der Waals surface area (Å²) in [6.45, 7) is 3.60. The summed E-state index contributed by atoms with van der Waals surface area (Å²) in [5.74, 6) is -0.588. The minimum Gasteiger partial charge on any atom is -0.462 e. The zero-order valence-corrected chi connectivity index (χ0v) is 27.6. The van der Waals surface area contributed by atoms with Crippen molar-refractivity contribution in [2.24, 2.45) is 0 Å². The van der Waals surface area contributed by atoms with Crippen LogP contribution in [0.4, 0.5) is 16.4 Å². The van der Waals surface area contributed by atoms with E-state index < -0.39 is 5.25 Å². The number of hydrogen-bond acceptors (Lipinski definition) is 7. The van der Waals surface area contributed by atoms with Gasteiger partial charge in [-0.2, -0.15) is 0 Å². The highest BCUT2D eigenvalue weighted by molar-refractivity contribution is 8.00. The van der Waals surface area contributed by atoms with E-state index in [1.807, 2.05) is 54.6 Å². The van der Waals surface area contributed by atoms with Crippen molar-refractivity contribution >= 4 is 74.5 Å². The molecule has 5 rings (SSSR count). The SMILES string of the molecule is CCOC(=O)c1c(NC(=O)C(Sc2cccc(NC(=S)Nc3ccc(C(C)=O)cc3)c2)c2ccccc2)sc2c1CCCCC2. The number of aryl methyl sites for hydroxylation is 1. The van der Waals surface area contributed by atoms with Crippen molar-refractivity contribution in [1.29, 1.82) is 0 Å². The minimum absolute atomic E-state index is 0.00316. The quantitative estimate of drug-likeness (QED) is 0.0513.